The van der Waals surface area contributed by atoms with Gasteiger partial charge < -0.3 is 14.2 Å². The van der Waals surface area contributed by atoms with E-state index in [1.807, 2.05) is 6.20 Å². The number of methoxy groups -OCH3 is 1. The highest BCUT2D eigenvalue weighted by molar-refractivity contribution is 5.72. The average molecular weight is 291 g/mol. The summed E-state index contributed by atoms with van der Waals surface area (Å²) in [6.45, 7) is 7.67. The Kier molecular flexibility index (Phi) is 4.02. The fraction of sp³-hybridized carbons (Fsp3) is 0.750. The average Bonchev–Trinajstić information content (AvgIpc) is 3.11. The van der Waals surface area contributed by atoms with Crippen molar-refractivity contribution in [3.05, 3.63) is 17.7 Å². The SMILES string of the molecule is COC(=O)C1CCn2c(cnc2C2CCN(C(C)C)C2)C1. The maximum Gasteiger partial charge on any atom is 0.309 e. The molecule has 1 aromatic rings. The molecule has 2 atom stereocenters. The minimum Gasteiger partial charge on any atom is -0.469 e. The molecule has 0 spiro atoms. The maximum absolute atomic E-state index is 11.7. The first-order chi connectivity index (χ1) is 10.1. The third kappa shape index (κ3) is 2.71. The zero-order chi connectivity index (χ0) is 15.0. The molecule has 1 fully saturated rings. The van der Waals surface area contributed by atoms with Crippen LogP contribution in [0.3, 0.4) is 0 Å². The predicted octanol–water partition coefficient (Wildman–Crippen LogP) is 1.82. The van der Waals surface area contributed by atoms with Crippen LogP contribution in [0.1, 0.15) is 44.1 Å². The van der Waals surface area contributed by atoms with Crippen molar-refractivity contribution in [3.63, 3.8) is 0 Å². The van der Waals surface area contributed by atoms with Crippen molar-refractivity contribution in [2.45, 2.75) is 51.6 Å². The van der Waals surface area contributed by atoms with E-state index in [0.29, 0.717) is 12.0 Å². The molecular formula is C16H25N3O2. The molecule has 0 radical (unpaired) electrons. The molecule has 3 rings (SSSR count). The molecule has 5 nitrogen and oxygen atoms in total. The van der Waals surface area contributed by atoms with E-state index in [-0.39, 0.29) is 11.9 Å². The first kappa shape index (κ1) is 14.6. The lowest BCUT2D eigenvalue weighted by molar-refractivity contribution is -0.146. The number of carbonyl (C=O) groups excluding carboxylic acids is 1. The van der Waals surface area contributed by atoms with Crippen LogP contribution in [0.15, 0.2) is 6.20 Å². The fourth-order valence-electron chi connectivity index (χ4n) is 3.65. The molecule has 21 heavy (non-hydrogen) atoms. The lowest BCUT2D eigenvalue weighted by atomic mass is 9.96. The van der Waals surface area contributed by atoms with Crippen molar-refractivity contribution >= 4 is 5.97 Å². The number of hydrogen-bond donors (Lipinski definition) is 0. The van der Waals surface area contributed by atoms with E-state index in [9.17, 15) is 4.79 Å². The molecule has 0 aliphatic carbocycles. The maximum atomic E-state index is 11.7. The number of imidazole rings is 1. The highest BCUT2D eigenvalue weighted by atomic mass is 16.5. The molecule has 0 N–H and O–H groups in total. The van der Waals surface area contributed by atoms with E-state index in [1.54, 1.807) is 0 Å². The standard InChI is InChI=1S/C16H25N3O2/c1-11(2)18-6-4-13(10-18)15-17-9-14-8-12(16(20)21-3)5-7-19(14)15/h9,11-13H,4-8,10H2,1-3H3. The van der Waals surface area contributed by atoms with Gasteiger partial charge in [0.2, 0.25) is 0 Å². The third-order valence-electron chi connectivity index (χ3n) is 4.98. The van der Waals surface area contributed by atoms with E-state index in [0.717, 1.165) is 32.5 Å². The normalized spacial score (nSPS) is 26.1. The summed E-state index contributed by atoms with van der Waals surface area (Å²) in [5, 5.41) is 0. The first-order valence-corrected chi connectivity index (χ1v) is 7.96. The van der Waals surface area contributed by atoms with Crippen LogP contribution >= 0.6 is 0 Å². The Morgan fingerprint density at radius 2 is 2.19 bits per heavy atom. The van der Waals surface area contributed by atoms with E-state index in [2.05, 4.69) is 28.3 Å². The number of rotatable bonds is 3. The summed E-state index contributed by atoms with van der Waals surface area (Å²) in [6.07, 6.45) is 4.78. The number of likely N-dealkylation sites (tertiary alicyclic amines) is 1. The van der Waals surface area contributed by atoms with E-state index in [1.165, 1.54) is 25.0 Å². The summed E-state index contributed by atoms with van der Waals surface area (Å²) in [5.74, 6) is 1.67. The van der Waals surface area contributed by atoms with Crippen LogP contribution < -0.4 is 0 Å². The van der Waals surface area contributed by atoms with Gasteiger partial charge in [0.25, 0.3) is 0 Å². The smallest absolute Gasteiger partial charge is 0.309 e. The number of aromatic nitrogens is 2. The van der Waals surface area contributed by atoms with Crippen LogP contribution in [0.5, 0.6) is 0 Å². The van der Waals surface area contributed by atoms with Gasteiger partial charge in [-0.3, -0.25) is 4.79 Å². The Bertz CT molecular complexity index is 524. The van der Waals surface area contributed by atoms with Crippen LogP contribution in [0, 0.1) is 5.92 Å². The lowest BCUT2D eigenvalue weighted by Gasteiger charge is -2.25. The minimum absolute atomic E-state index is 0.00258. The van der Waals surface area contributed by atoms with Gasteiger partial charge in [-0.15, -0.1) is 0 Å². The number of esters is 1. The summed E-state index contributed by atoms with van der Waals surface area (Å²) < 4.78 is 7.22. The Balaban J connectivity index is 1.74. The number of fused-ring (bicyclic) bond motifs is 1. The van der Waals surface area contributed by atoms with Crippen molar-refractivity contribution in [1.82, 2.24) is 14.5 Å². The zero-order valence-corrected chi connectivity index (χ0v) is 13.2. The van der Waals surface area contributed by atoms with Crippen molar-refractivity contribution in [3.8, 4) is 0 Å². The molecule has 5 heteroatoms. The summed E-state index contributed by atoms with van der Waals surface area (Å²) in [6, 6.07) is 0.606. The van der Waals surface area contributed by atoms with Crippen molar-refractivity contribution in [2.75, 3.05) is 20.2 Å². The monoisotopic (exact) mass is 291 g/mol. The summed E-state index contributed by atoms with van der Waals surface area (Å²) in [4.78, 5) is 18.9. The Labute approximate surface area is 126 Å². The van der Waals surface area contributed by atoms with Gasteiger partial charge in [0.15, 0.2) is 0 Å². The second kappa shape index (κ2) is 5.79. The zero-order valence-electron chi connectivity index (χ0n) is 13.2. The lowest BCUT2D eigenvalue weighted by Crippen LogP contribution is -2.29. The summed E-state index contributed by atoms with van der Waals surface area (Å²) in [5.41, 5.74) is 1.19. The van der Waals surface area contributed by atoms with Gasteiger partial charge in [-0.2, -0.15) is 0 Å². The number of ether oxygens (including phenoxy) is 1. The Morgan fingerprint density at radius 3 is 2.86 bits per heavy atom. The second-order valence-corrected chi connectivity index (χ2v) is 6.55. The van der Waals surface area contributed by atoms with Crippen LogP contribution in [0.2, 0.25) is 0 Å². The molecule has 0 aromatic carbocycles. The van der Waals surface area contributed by atoms with Crippen molar-refractivity contribution in [2.24, 2.45) is 5.92 Å². The molecule has 0 bridgehead atoms. The highest BCUT2D eigenvalue weighted by Crippen LogP contribution is 2.31. The first-order valence-electron chi connectivity index (χ1n) is 7.96. The predicted molar refractivity (Wildman–Crippen MR) is 80.1 cm³/mol. The number of nitrogens with zero attached hydrogens (tertiary/aromatic N) is 3. The van der Waals surface area contributed by atoms with E-state index < -0.39 is 0 Å². The van der Waals surface area contributed by atoms with Crippen molar-refractivity contribution in [1.29, 1.82) is 0 Å². The minimum atomic E-state index is -0.0872. The fourth-order valence-corrected chi connectivity index (χ4v) is 3.65. The molecule has 2 unspecified atom stereocenters. The molecular weight excluding hydrogens is 266 g/mol. The van der Waals surface area contributed by atoms with Gasteiger partial charge in [0.05, 0.1) is 13.0 Å². The van der Waals surface area contributed by atoms with Gasteiger partial charge in [-0.1, -0.05) is 0 Å². The molecule has 0 saturated carbocycles. The van der Waals surface area contributed by atoms with Gasteiger partial charge in [-0.25, -0.2) is 4.98 Å². The summed E-state index contributed by atoms with van der Waals surface area (Å²) >= 11 is 0. The van der Waals surface area contributed by atoms with Gasteiger partial charge in [0.1, 0.15) is 5.82 Å². The number of hydrogen-bond acceptors (Lipinski definition) is 4. The number of carbonyl (C=O) groups is 1. The van der Waals surface area contributed by atoms with Crippen molar-refractivity contribution < 1.29 is 9.53 Å². The molecule has 3 heterocycles. The quantitative estimate of drug-likeness (QED) is 0.797. The topological polar surface area (TPSA) is 47.4 Å². The van der Waals surface area contributed by atoms with Gasteiger partial charge >= 0.3 is 5.97 Å². The molecule has 1 saturated heterocycles. The van der Waals surface area contributed by atoms with Gasteiger partial charge in [-0.05, 0) is 33.2 Å². The van der Waals surface area contributed by atoms with Crippen LogP contribution in [0.25, 0.3) is 0 Å². The molecule has 1 aromatic heterocycles. The second-order valence-electron chi connectivity index (χ2n) is 6.55. The van der Waals surface area contributed by atoms with Crippen LogP contribution in [0.4, 0.5) is 0 Å². The highest BCUT2D eigenvalue weighted by Gasteiger charge is 2.32. The van der Waals surface area contributed by atoms with Gasteiger partial charge in [0, 0.05) is 43.4 Å². The third-order valence-corrected chi connectivity index (χ3v) is 4.98. The van der Waals surface area contributed by atoms with E-state index in [4.69, 9.17) is 4.74 Å². The van der Waals surface area contributed by atoms with E-state index >= 15 is 0 Å². The Hall–Kier alpha value is -1.36. The Morgan fingerprint density at radius 1 is 1.38 bits per heavy atom. The molecule has 0 amide bonds. The van der Waals surface area contributed by atoms with Crippen LogP contribution in [-0.2, 0) is 22.5 Å². The molecule has 2 aliphatic heterocycles. The van der Waals surface area contributed by atoms with Crippen LogP contribution in [-0.4, -0.2) is 46.7 Å². The summed E-state index contributed by atoms with van der Waals surface area (Å²) in [7, 11) is 1.47. The molecule has 2 aliphatic rings. The molecule has 116 valence electrons. The largest absolute Gasteiger partial charge is 0.469 e.